The molecular weight excluding hydrogens is 400 g/mol. The summed E-state index contributed by atoms with van der Waals surface area (Å²) in [4.78, 5) is 28.3. The van der Waals surface area contributed by atoms with E-state index in [4.69, 9.17) is 0 Å². The minimum absolute atomic E-state index is 0.00555. The van der Waals surface area contributed by atoms with Crippen LogP contribution in [0.1, 0.15) is 29.2 Å². The zero-order valence-electron chi connectivity index (χ0n) is 16.2. The highest BCUT2D eigenvalue weighted by atomic mass is 32.2. The number of benzene rings is 1. The molecule has 0 unspecified atom stereocenters. The third kappa shape index (κ3) is 4.04. The van der Waals surface area contributed by atoms with Crippen molar-refractivity contribution in [2.24, 2.45) is 0 Å². The van der Waals surface area contributed by atoms with Crippen molar-refractivity contribution >= 4 is 28.6 Å². The maximum absolute atomic E-state index is 15.3. The molecule has 1 N–H and O–H groups in total. The molecule has 9 heteroatoms. The highest BCUT2D eigenvalue weighted by Gasteiger charge is 2.30. The molecule has 156 valence electrons. The molecule has 0 atom stereocenters. The number of fused-ring (bicyclic) bond motifs is 1. The largest absolute Gasteiger partial charge is 0.477 e. The van der Waals surface area contributed by atoms with Gasteiger partial charge in [-0.05, 0) is 26.0 Å². The fraction of sp³-hybridized carbons (Fsp3) is 0.500. The molecule has 0 bridgehead atoms. The number of aromatic carboxylic acids is 1. The molecule has 1 aromatic heterocycles. The second-order valence-electron chi connectivity index (χ2n) is 7.71. The van der Waals surface area contributed by atoms with E-state index in [0.29, 0.717) is 5.75 Å². The Balaban J connectivity index is 1.65. The number of hydrogen-bond donors (Lipinski definition) is 1. The topological polar surface area (TPSA) is 65.8 Å². The number of pyridine rings is 1. The lowest BCUT2D eigenvalue weighted by molar-refractivity contribution is 0.0694. The molecule has 1 aliphatic heterocycles. The number of piperazine rings is 1. The molecule has 4 rings (SSSR count). The maximum Gasteiger partial charge on any atom is 0.341 e. The molecule has 2 aromatic rings. The van der Waals surface area contributed by atoms with Crippen LogP contribution in [0.5, 0.6) is 0 Å². The Labute approximate surface area is 171 Å². The Morgan fingerprint density at radius 3 is 2.55 bits per heavy atom. The summed E-state index contributed by atoms with van der Waals surface area (Å²) in [5.74, 6) is -2.45. The van der Waals surface area contributed by atoms with Crippen molar-refractivity contribution in [2.75, 3.05) is 45.5 Å². The average molecular weight is 423 g/mol. The van der Waals surface area contributed by atoms with Crippen LogP contribution >= 0.6 is 11.8 Å². The van der Waals surface area contributed by atoms with Crippen molar-refractivity contribution in [2.45, 2.75) is 23.8 Å². The van der Waals surface area contributed by atoms with Gasteiger partial charge in [0.1, 0.15) is 11.4 Å². The van der Waals surface area contributed by atoms with Crippen LogP contribution in [0.25, 0.3) is 10.9 Å². The van der Waals surface area contributed by atoms with E-state index < -0.39 is 28.6 Å². The van der Waals surface area contributed by atoms with E-state index in [1.54, 1.807) is 0 Å². The molecule has 0 spiro atoms. The molecule has 1 saturated heterocycles. The van der Waals surface area contributed by atoms with Crippen molar-refractivity contribution in [1.82, 2.24) is 14.4 Å². The average Bonchev–Trinajstić information content (AvgIpc) is 3.51. The summed E-state index contributed by atoms with van der Waals surface area (Å²) in [6.45, 7) is 4.53. The molecule has 0 amide bonds. The van der Waals surface area contributed by atoms with Crippen molar-refractivity contribution in [1.29, 1.82) is 0 Å². The van der Waals surface area contributed by atoms with Crippen LogP contribution in [0, 0.1) is 11.6 Å². The number of hydrogen-bond acceptors (Lipinski definition) is 5. The number of carboxylic acids is 1. The monoisotopic (exact) mass is 423 g/mol. The highest BCUT2D eigenvalue weighted by molar-refractivity contribution is 7.99. The van der Waals surface area contributed by atoms with Crippen LogP contribution in [0.15, 0.2) is 22.0 Å². The molecule has 6 nitrogen and oxygen atoms in total. The van der Waals surface area contributed by atoms with E-state index in [0.717, 1.165) is 63.4 Å². The zero-order chi connectivity index (χ0) is 20.7. The quantitative estimate of drug-likeness (QED) is 0.721. The van der Waals surface area contributed by atoms with Crippen LogP contribution in [0.4, 0.5) is 8.78 Å². The van der Waals surface area contributed by atoms with Gasteiger partial charge in [0.15, 0.2) is 5.82 Å². The number of aromatic nitrogens is 1. The predicted molar refractivity (Wildman–Crippen MR) is 108 cm³/mol. The Kier molecular flexibility index (Phi) is 5.63. The fourth-order valence-electron chi connectivity index (χ4n) is 3.70. The maximum atomic E-state index is 15.3. The number of carbonyl (C=O) groups is 1. The van der Waals surface area contributed by atoms with Gasteiger partial charge in [-0.3, -0.25) is 9.69 Å². The second kappa shape index (κ2) is 8.04. The molecule has 29 heavy (non-hydrogen) atoms. The summed E-state index contributed by atoms with van der Waals surface area (Å²) in [6.07, 6.45) is 2.75. The molecule has 1 aromatic carbocycles. The van der Waals surface area contributed by atoms with Gasteiger partial charge < -0.3 is 14.6 Å². The van der Waals surface area contributed by atoms with Crippen LogP contribution in [0.2, 0.25) is 0 Å². The SMILES string of the molecule is CN1CCN(CCSc2c(F)cc3c(=O)c(C(=O)O)cn(C4CC4)c3c2F)CC1. The molecule has 0 radical (unpaired) electrons. The van der Waals surface area contributed by atoms with Crippen molar-refractivity contribution < 1.29 is 18.7 Å². The highest BCUT2D eigenvalue weighted by Crippen LogP contribution is 2.39. The molecule has 2 heterocycles. The number of thioether (sulfide) groups is 1. The molecule has 2 fully saturated rings. The van der Waals surface area contributed by atoms with Gasteiger partial charge >= 0.3 is 5.97 Å². The van der Waals surface area contributed by atoms with E-state index in [1.807, 2.05) is 0 Å². The number of likely N-dealkylation sites (N-methyl/N-ethyl adjacent to an activating group) is 1. The van der Waals surface area contributed by atoms with Crippen LogP contribution in [-0.4, -0.2) is 71.0 Å². The minimum Gasteiger partial charge on any atom is -0.477 e. The third-order valence-corrected chi connectivity index (χ3v) is 6.64. The van der Waals surface area contributed by atoms with Gasteiger partial charge in [0, 0.05) is 50.7 Å². The van der Waals surface area contributed by atoms with Crippen molar-refractivity contribution in [3.8, 4) is 0 Å². The molecule has 1 aliphatic carbocycles. The minimum atomic E-state index is -1.39. The summed E-state index contributed by atoms with van der Waals surface area (Å²) in [7, 11) is 2.07. The van der Waals surface area contributed by atoms with Crippen LogP contribution in [-0.2, 0) is 0 Å². The third-order valence-electron chi connectivity index (χ3n) is 5.59. The number of halogens is 2. The number of rotatable bonds is 6. The zero-order valence-corrected chi connectivity index (χ0v) is 17.0. The summed E-state index contributed by atoms with van der Waals surface area (Å²) < 4.78 is 31.5. The number of carboxylic acid groups (broad SMARTS) is 1. The first-order valence-corrected chi connectivity index (χ1v) is 10.7. The second-order valence-corrected chi connectivity index (χ2v) is 8.81. The van der Waals surface area contributed by atoms with E-state index in [9.17, 15) is 19.1 Å². The van der Waals surface area contributed by atoms with Gasteiger partial charge in [-0.15, -0.1) is 11.8 Å². The summed E-state index contributed by atoms with van der Waals surface area (Å²) in [6, 6.07) is 0.934. The smallest absolute Gasteiger partial charge is 0.341 e. The standard InChI is InChI=1S/C20H23F2N3O3S/c1-23-4-6-24(7-5-23)8-9-29-19-15(21)10-13-17(16(19)22)25(12-2-3-12)11-14(18(13)26)20(27)28/h10-12H,2-9H2,1H3,(H,27,28). The Morgan fingerprint density at radius 2 is 1.93 bits per heavy atom. The summed E-state index contributed by atoms with van der Waals surface area (Å²) >= 11 is 1.10. The first-order chi connectivity index (χ1) is 13.9. The Bertz CT molecular complexity index is 1010. The normalized spacial score (nSPS) is 18.4. The Hall–Kier alpha value is -1.97. The van der Waals surface area contributed by atoms with Crippen LogP contribution < -0.4 is 5.43 Å². The van der Waals surface area contributed by atoms with Gasteiger partial charge in [0.25, 0.3) is 0 Å². The van der Waals surface area contributed by atoms with Gasteiger partial charge in [-0.1, -0.05) is 0 Å². The Morgan fingerprint density at radius 1 is 1.24 bits per heavy atom. The molecule has 2 aliphatic rings. The molecular formula is C20H23F2N3O3S. The lowest BCUT2D eigenvalue weighted by Gasteiger charge is -2.32. The van der Waals surface area contributed by atoms with E-state index >= 15 is 4.39 Å². The fourth-order valence-corrected chi connectivity index (χ4v) is 4.67. The predicted octanol–water partition coefficient (Wildman–Crippen LogP) is 2.65. The molecule has 1 saturated carbocycles. The van der Waals surface area contributed by atoms with Crippen LogP contribution in [0.3, 0.4) is 0 Å². The van der Waals surface area contributed by atoms with Gasteiger partial charge in [0.2, 0.25) is 5.43 Å². The lowest BCUT2D eigenvalue weighted by atomic mass is 10.1. The van der Waals surface area contributed by atoms with E-state index in [2.05, 4.69) is 16.8 Å². The first-order valence-electron chi connectivity index (χ1n) is 9.70. The summed E-state index contributed by atoms with van der Waals surface area (Å²) in [5.41, 5.74) is -1.30. The van der Waals surface area contributed by atoms with Gasteiger partial charge in [0.05, 0.1) is 15.8 Å². The summed E-state index contributed by atoms with van der Waals surface area (Å²) in [5, 5.41) is 9.08. The number of nitrogens with zero attached hydrogens (tertiary/aromatic N) is 3. The van der Waals surface area contributed by atoms with Gasteiger partial charge in [-0.25, -0.2) is 13.6 Å². The van der Waals surface area contributed by atoms with E-state index in [-0.39, 0.29) is 21.8 Å². The van der Waals surface area contributed by atoms with Gasteiger partial charge in [-0.2, -0.15) is 0 Å². The lowest BCUT2D eigenvalue weighted by Crippen LogP contribution is -2.45. The van der Waals surface area contributed by atoms with E-state index in [1.165, 1.54) is 10.8 Å². The van der Waals surface area contributed by atoms with Crippen molar-refractivity contribution in [3.63, 3.8) is 0 Å². The first kappa shape index (κ1) is 20.3. The van der Waals surface area contributed by atoms with Crippen molar-refractivity contribution in [3.05, 3.63) is 39.7 Å².